The lowest BCUT2D eigenvalue weighted by Crippen LogP contribution is -2.44. The van der Waals surface area contributed by atoms with Crippen molar-refractivity contribution in [3.8, 4) is 0 Å². The van der Waals surface area contributed by atoms with Gasteiger partial charge in [0.1, 0.15) is 0 Å². The van der Waals surface area contributed by atoms with E-state index in [-0.39, 0.29) is 0 Å². The van der Waals surface area contributed by atoms with Crippen molar-refractivity contribution < 1.29 is 0 Å². The third kappa shape index (κ3) is 3.13. The third-order valence-corrected chi connectivity index (χ3v) is 5.44. The lowest BCUT2D eigenvalue weighted by Gasteiger charge is -2.35. The van der Waals surface area contributed by atoms with Gasteiger partial charge in [0.05, 0.1) is 0 Å². The lowest BCUT2D eigenvalue weighted by atomic mass is 9.79. The molecule has 15 heavy (non-hydrogen) atoms. The molecule has 2 heteroatoms. The van der Waals surface area contributed by atoms with Gasteiger partial charge < -0.3 is 5.32 Å². The van der Waals surface area contributed by atoms with Gasteiger partial charge in [0.25, 0.3) is 0 Å². The highest BCUT2D eigenvalue weighted by Gasteiger charge is 2.29. The van der Waals surface area contributed by atoms with Crippen molar-refractivity contribution in [3.05, 3.63) is 0 Å². The Labute approximate surface area is 98.8 Å². The minimum absolute atomic E-state index is 0.797. The van der Waals surface area contributed by atoms with Crippen molar-refractivity contribution in [2.75, 3.05) is 5.75 Å². The van der Waals surface area contributed by atoms with Gasteiger partial charge in [-0.05, 0) is 37.5 Å². The van der Waals surface area contributed by atoms with E-state index >= 15 is 0 Å². The Hall–Kier alpha value is 0.310. The van der Waals surface area contributed by atoms with Crippen LogP contribution in [0.3, 0.4) is 0 Å². The van der Waals surface area contributed by atoms with E-state index in [2.05, 4.69) is 37.8 Å². The van der Waals surface area contributed by atoms with E-state index in [1.165, 1.54) is 31.4 Å². The van der Waals surface area contributed by atoms with Gasteiger partial charge in [-0.25, -0.2) is 0 Å². The Balaban J connectivity index is 1.79. The first-order valence-electron chi connectivity index (χ1n) is 6.52. The van der Waals surface area contributed by atoms with Gasteiger partial charge in [-0.1, -0.05) is 20.8 Å². The summed E-state index contributed by atoms with van der Waals surface area (Å²) >= 11 is 2.13. The van der Waals surface area contributed by atoms with Gasteiger partial charge in [0, 0.05) is 23.1 Å². The molecule has 0 aromatic heterocycles. The quantitative estimate of drug-likeness (QED) is 0.777. The fourth-order valence-corrected chi connectivity index (χ4v) is 4.31. The van der Waals surface area contributed by atoms with Gasteiger partial charge in [0.2, 0.25) is 0 Å². The SMILES string of the molecule is CC1CCC(NC2CSC(C)C2)C(C)C1. The second kappa shape index (κ2) is 5.09. The predicted octanol–water partition coefficient (Wildman–Crippen LogP) is 3.29. The molecule has 1 nitrogen and oxygen atoms in total. The molecule has 2 fully saturated rings. The Kier molecular flexibility index (Phi) is 4.00. The van der Waals surface area contributed by atoms with Gasteiger partial charge in [-0.2, -0.15) is 11.8 Å². The zero-order chi connectivity index (χ0) is 10.8. The zero-order valence-corrected chi connectivity index (χ0v) is 11.1. The Morgan fingerprint density at radius 3 is 2.47 bits per heavy atom. The molecule has 0 amide bonds. The minimum Gasteiger partial charge on any atom is -0.310 e. The smallest absolute Gasteiger partial charge is 0.0171 e. The van der Waals surface area contributed by atoms with Crippen LogP contribution in [0.2, 0.25) is 0 Å². The van der Waals surface area contributed by atoms with Gasteiger partial charge in [0.15, 0.2) is 0 Å². The normalized spacial score (nSPS) is 47.0. The topological polar surface area (TPSA) is 12.0 Å². The molecule has 0 aromatic carbocycles. The van der Waals surface area contributed by atoms with Crippen LogP contribution in [-0.2, 0) is 0 Å². The van der Waals surface area contributed by atoms with Crippen molar-refractivity contribution in [1.82, 2.24) is 5.32 Å². The maximum Gasteiger partial charge on any atom is 0.0171 e. The fraction of sp³-hybridized carbons (Fsp3) is 1.00. The molecule has 0 bridgehead atoms. The molecule has 0 spiro atoms. The molecular weight excluding hydrogens is 202 g/mol. The van der Waals surface area contributed by atoms with Gasteiger partial charge >= 0.3 is 0 Å². The predicted molar refractivity (Wildman–Crippen MR) is 69.4 cm³/mol. The average molecular weight is 227 g/mol. The highest BCUT2D eigenvalue weighted by atomic mass is 32.2. The summed E-state index contributed by atoms with van der Waals surface area (Å²) in [7, 11) is 0. The summed E-state index contributed by atoms with van der Waals surface area (Å²) in [5.41, 5.74) is 0. The number of hydrogen-bond acceptors (Lipinski definition) is 2. The van der Waals surface area contributed by atoms with Crippen LogP contribution in [0.25, 0.3) is 0 Å². The van der Waals surface area contributed by atoms with Crippen LogP contribution in [0.4, 0.5) is 0 Å². The maximum atomic E-state index is 3.90. The Morgan fingerprint density at radius 2 is 1.87 bits per heavy atom. The molecule has 2 rings (SSSR count). The molecule has 5 unspecified atom stereocenters. The van der Waals surface area contributed by atoms with Crippen molar-refractivity contribution in [1.29, 1.82) is 0 Å². The summed E-state index contributed by atoms with van der Waals surface area (Å²) in [6, 6.07) is 1.60. The zero-order valence-electron chi connectivity index (χ0n) is 10.3. The van der Waals surface area contributed by atoms with Crippen LogP contribution in [0.5, 0.6) is 0 Å². The van der Waals surface area contributed by atoms with E-state index in [1.54, 1.807) is 0 Å². The molecule has 2 aliphatic rings. The summed E-state index contributed by atoms with van der Waals surface area (Å²) in [5.74, 6) is 3.17. The van der Waals surface area contributed by atoms with Crippen LogP contribution < -0.4 is 5.32 Å². The van der Waals surface area contributed by atoms with E-state index in [9.17, 15) is 0 Å². The molecule has 0 radical (unpaired) electrons. The molecular formula is C13H25NS. The highest BCUT2D eigenvalue weighted by molar-refractivity contribution is 8.00. The first-order valence-corrected chi connectivity index (χ1v) is 7.57. The van der Waals surface area contributed by atoms with Crippen molar-refractivity contribution in [3.63, 3.8) is 0 Å². The van der Waals surface area contributed by atoms with Gasteiger partial charge in [-0.3, -0.25) is 0 Å². The molecule has 1 aliphatic carbocycles. The second-order valence-electron chi connectivity index (χ2n) is 5.75. The standard InChI is InChI=1S/C13H25NS/c1-9-4-5-13(10(2)6-9)14-12-7-11(3)15-8-12/h9-14H,4-8H2,1-3H3. The molecule has 5 atom stereocenters. The summed E-state index contributed by atoms with van der Waals surface area (Å²) in [6.45, 7) is 7.19. The second-order valence-corrected chi connectivity index (χ2v) is 7.22. The van der Waals surface area contributed by atoms with Crippen LogP contribution in [0, 0.1) is 11.8 Å². The van der Waals surface area contributed by atoms with E-state index in [1.807, 2.05) is 0 Å². The molecule has 0 aromatic rings. The largest absolute Gasteiger partial charge is 0.310 e. The van der Waals surface area contributed by atoms with E-state index in [0.717, 1.165) is 29.2 Å². The Morgan fingerprint density at radius 1 is 1.07 bits per heavy atom. The van der Waals surface area contributed by atoms with Crippen LogP contribution in [0.1, 0.15) is 46.5 Å². The third-order valence-electron chi connectivity index (χ3n) is 4.08. The lowest BCUT2D eigenvalue weighted by molar-refractivity contribution is 0.216. The fourth-order valence-electron chi connectivity index (χ4n) is 3.15. The molecule has 1 aliphatic heterocycles. The number of nitrogens with one attached hydrogen (secondary N) is 1. The molecule has 1 saturated carbocycles. The Bertz CT molecular complexity index is 207. The van der Waals surface area contributed by atoms with E-state index in [0.29, 0.717) is 0 Å². The summed E-state index contributed by atoms with van der Waals surface area (Å²) < 4.78 is 0. The van der Waals surface area contributed by atoms with Crippen molar-refractivity contribution in [2.24, 2.45) is 11.8 Å². The first kappa shape index (κ1) is 11.8. The molecule has 1 heterocycles. The number of thioether (sulfide) groups is 1. The molecule has 1 N–H and O–H groups in total. The summed E-state index contributed by atoms with van der Waals surface area (Å²) in [5, 5.41) is 4.77. The maximum absolute atomic E-state index is 3.90. The van der Waals surface area contributed by atoms with Crippen LogP contribution in [0.15, 0.2) is 0 Å². The first-order chi connectivity index (χ1) is 7.15. The monoisotopic (exact) mass is 227 g/mol. The number of hydrogen-bond donors (Lipinski definition) is 1. The average Bonchev–Trinajstić information content (AvgIpc) is 2.56. The van der Waals surface area contributed by atoms with Crippen molar-refractivity contribution in [2.45, 2.75) is 63.8 Å². The molecule has 88 valence electrons. The highest BCUT2D eigenvalue weighted by Crippen LogP contribution is 2.31. The van der Waals surface area contributed by atoms with E-state index < -0.39 is 0 Å². The van der Waals surface area contributed by atoms with Crippen LogP contribution in [-0.4, -0.2) is 23.1 Å². The minimum atomic E-state index is 0.797. The van der Waals surface area contributed by atoms with Crippen molar-refractivity contribution >= 4 is 11.8 Å². The van der Waals surface area contributed by atoms with Gasteiger partial charge in [-0.15, -0.1) is 0 Å². The van der Waals surface area contributed by atoms with E-state index in [4.69, 9.17) is 0 Å². The number of rotatable bonds is 2. The summed E-state index contributed by atoms with van der Waals surface area (Å²) in [6.07, 6.45) is 5.63. The molecule has 1 saturated heterocycles. The van der Waals surface area contributed by atoms with Crippen LogP contribution >= 0.6 is 11.8 Å². The summed E-state index contributed by atoms with van der Waals surface area (Å²) in [4.78, 5) is 0.